The van der Waals surface area contributed by atoms with E-state index in [0.29, 0.717) is 5.41 Å². The van der Waals surface area contributed by atoms with Crippen LogP contribution in [0.1, 0.15) is 54.4 Å². The smallest absolute Gasteiger partial charge is 0.0241 e. The first-order chi connectivity index (χ1) is 5.90. The molecule has 1 saturated carbocycles. The molecule has 0 N–H and O–H groups in total. The predicted molar refractivity (Wildman–Crippen MR) is 59.7 cm³/mol. The van der Waals surface area contributed by atoms with Crippen LogP contribution in [-0.2, 0) is 0 Å². The van der Waals surface area contributed by atoms with Crippen molar-refractivity contribution < 1.29 is 0 Å². The summed E-state index contributed by atoms with van der Waals surface area (Å²) in [5.74, 6) is 3.62. The van der Waals surface area contributed by atoms with E-state index in [-0.39, 0.29) is 0 Å². The zero-order chi connectivity index (χ0) is 10.2. The highest BCUT2D eigenvalue weighted by atomic mass is 14.5. The molecule has 0 aromatic heterocycles. The fraction of sp³-hybridized carbons (Fsp3) is 1.00. The van der Waals surface area contributed by atoms with Crippen LogP contribution in [0.4, 0.5) is 0 Å². The maximum atomic E-state index is 2.45. The van der Waals surface area contributed by atoms with Crippen LogP contribution in [0.5, 0.6) is 0 Å². The van der Waals surface area contributed by atoms with Gasteiger partial charge in [0, 0.05) is 0 Å². The van der Waals surface area contributed by atoms with Crippen molar-refractivity contribution in [2.75, 3.05) is 0 Å². The minimum absolute atomic E-state index is 0.674. The summed E-state index contributed by atoms with van der Waals surface area (Å²) in [6, 6.07) is 0. The second-order valence-electron chi connectivity index (χ2n) is 5.96. The maximum absolute atomic E-state index is 2.45. The van der Waals surface area contributed by atoms with Crippen LogP contribution in [-0.4, -0.2) is 0 Å². The standard InChI is InChI=1S/C13H26/c1-9(2)7-13(10(3)4)8-11(5)12(13)6/h9-12H,7-8H2,1-6H3. The molecule has 78 valence electrons. The molecule has 0 bridgehead atoms. The van der Waals surface area contributed by atoms with Gasteiger partial charge in [0.25, 0.3) is 0 Å². The van der Waals surface area contributed by atoms with Gasteiger partial charge in [0.05, 0.1) is 0 Å². The summed E-state index contributed by atoms with van der Waals surface area (Å²) < 4.78 is 0. The maximum Gasteiger partial charge on any atom is -0.0241 e. The Kier molecular flexibility index (Phi) is 3.09. The third-order valence-corrected chi connectivity index (χ3v) is 4.40. The molecule has 0 nitrogen and oxygen atoms in total. The van der Waals surface area contributed by atoms with E-state index in [2.05, 4.69) is 41.5 Å². The van der Waals surface area contributed by atoms with Gasteiger partial charge in [-0.3, -0.25) is 0 Å². The molecule has 0 radical (unpaired) electrons. The van der Waals surface area contributed by atoms with Crippen molar-refractivity contribution in [1.29, 1.82) is 0 Å². The highest BCUT2D eigenvalue weighted by Crippen LogP contribution is 2.58. The monoisotopic (exact) mass is 182 g/mol. The fourth-order valence-corrected chi connectivity index (χ4v) is 3.39. The van der Waals surface area contributed by atoms with Crippen molar-refractivity contribution >= 4 is 0 Å². The van der Waals surface area contributed by atoms with Gasteiger partial charge in [-0.25, -0.2) is 0 Å². The lowest BCUT2D eigenvalue weighted by Crippen LogP contribution is -2.49. The second kappa shape index (κ2) is 3.63. The van der Waals surface area contributed by atoms with Gasteiger partial charge in [-0.2, -0.15) is 0 Å². The first-order valence-corrected chi connectivity index (χ1v) is 5.90. The van der Waals surface area contributed by atoms with E-state index < -0.39 is 0 Å². The van der Waals surface area contributed by atoms with E-state index in [9.17, 15) is 0 Å². The largest absolute Gasteiger partial charge is 0.0628 e. The van der Waals surface area contributed by atoms with Crippen molar-refractivity contribution in [3.8, 4) is 0 Å². The van der Waals surface area contributed by atoms with Gasteiger partial charge in [-0.15, -0.1) is 0 Å². The zero-order valence-electron chi connectivity index (χ0n) is 10.2. The Balaban J connectivity index is 2.68. The third kappa shape index (κ3) is 1.78. The van der Waals surface area contributed by atoms with Crippen LogP contribution in [0.2, 0.25) is 0 Å². The molecule has 1 fully saturated rings. The summed E-state index contributed by atoms with van der Waals surface area (Å²) in [5.41, 5.74) is 0.674. The SMILES string of the molecule is CC(C)CC1(C(C)C)CC(C)C1C. The molecule has 0 heteroatoms. The average Bonchev–Trinajstić information content (AvgIpc) is 2.01. The van der Waals surface area contributed by atoms with Crippen molar-refractivity contribution in [2.45, 2.75) is 54.4 Å². The topological polar surface area (TPSA) is 0 Å². The Bertz CT molecular complexity index is 169. The van der Waals surface area contributed by atoms with Gasteiger partial charge in [0.15, 0.2) is 0 Å². The lowest BCUT2D eigenvalue weighted by molar-refractivity contribution is -0.0777. The quantitative estimate of drug-likeness (QED) is 0.608. The van der Waals surface area contributed by atoms with E-state index in [1.54, 1.807) is 0 Å². The highest BCUT2D eigenvalue weighted by Gasteiger charge is 2.50. The summed E-state index contributed by atoms with van der Waals surface area (Å²) >= 11 is 0. The number of hydrogen-bond donors (Lipinski definition) is 0. The minimum atomic E-state index is 0.674. The summed E-state index contributed by atoms with van der Waals surface area (Å²) in [6.45, 7) is 14.4. The van der Waals surface area contributed by atoms with E-state index in [0.717, 1.165) is 23.7 Å². The molecule has 0 amide bonds. The van der Waals surface area contributed by atoms with Gasteiger partial charge in [0.2, 0.25) is 0 Å². The van der Waals surface area contributed by atoms with Crippen molar-refractivity contribution in [2.24, 2.45) is 29.1 Å². The van der Waals surface area contributed by atoms with Gasteiger partial charge in [-0.1, -0.05) is 41.5 Å². The van der Waals surface area contributed by atoms with E-state index >= 15 is 0 Å². The molecular formula is C13H26. The summed E-state index contributed by atoms with van der Waals surface area (Å²) in [7, 11) is 0. The van der Waals surface area contributed by atoms with Crippen LogP contribution in [0.3, 0.4) is 0 Å². The molecular weight excluding hydrogens is 156 g/mol. The second-order valence-corrected chi connectivity index (χ2v) is 5.96. The lowest BCUT2D eigenvalue weighted by Gasteiger charge is -2.57. The third-order valence-electron chi connectivity index (χ3n) is 4.40. The molecule has 0 heterocycles. The van der Waals surface area contributed by atoms with Gasteiger partial charge in [0.1, 0.15) is 0 Å². The molecule has 1 aliphatic carbocycles. The average molecular weight is 182 g/mol. The Hall–Kier alpha value is 0. The molecule has 3 atom stereocenters. The molecule has 1 aliphatic rings. The molecule has 13 heavy (non-hydrogen) atoms. The molecule has 0 saturated heterocycles. The summed E-state index contributed by atoms with van der Waals surface area (Å²) in [5, 5.41) is 0. The van der Waals surface area contributed by atoms with Crippen LogP contribution >= 0.6 is 0 Å². The molecule has 1 rings (SSSR count). The van der Waals surface area contributed by atoms with E-state index in [1.165, 1.54) is 12.8 Å². The van der Waals surface area contributed by atoms with Crippen molar-refractivity contribution in [3.63, 3.8) is 0 Å². The van der Waals surface area contributed by atoms with Crippen LogP contribution in [0.15, 0.2) is 0 Å². The van der Waals surface area contributed by atoms with Gasteiger partial charge >= 0.3 is 0 Å². The Morgan fingerprint density at radius 1 is 1.15 bits per heavy atom. The lowest BCUT2D eigenvalue weighted by atomic mass is 9.48. The molecule has 0 aromatic rings. The van der Waals surface area contributed by atoms with Crippen LogP contribution in [0.25, 0.3) is 0 Å². The molecule has 0 spiro atoms. The van der Waals surface area contributed by atoms with Crippen LogP contribution < -0.4 is 0 Å². The van der Waals surface area contributed by atoms with Gasteiger partial charge < -0.3 is 0 Å². The molecule has 0 aromatic carbocycles. The highest BCUT2D eigenvalue weighted by molar-refractivity contribution is 4.99. The van der Waals surface area contributed by atoms with Crippen molar-refractivity contribution in [1.82, 2.24) is 0 Å². The van der Waals surface area contributed by atoms with Crippen LogP contribution in [0, 0.1) is 29.1 Å². The molecule has 0 aliphatic heterocycles. The normalized spacial score (nSPS) is 39.7. The van der Waals surface area contributed by atoms with Crippen molar-refractivity contribution in [3.05, 3.63) is 0 Å². The summed E-state index contributed by atoms with van der Waals surface area (Å²) in [6.07, 6.45) is 2.89. The van der Waals surface area contributed by atoms with Gasteiger partial charge in [-0.05, 0) is 41.9 Å². The first kappa shape index (κ1) is 11.1. The van der Waals surface area contributed by atoms with E-state index in [1.807, 2.05) is 0 Å². The fourth-order valence-electron chi connectivity index (χ4n) is 3.39. The zero-order valence-corrected chi connectivity index (χ0v) is 10.2. The summed E-state index contributed by atoms with van der Waals surface area (Å²) in [4.78, 5) is 0. The predicted octanol–water partition coefficient (Wildman–Crippen LogP) is 4.35. The Labute approximate surface area is 84.1 Å². The molecule has 3 unspecified atom stereocenters. The van der Waals surface area contributed by atoms with E-state index in [4.69, 9.17) is 0 Å². The minimum Gasteiger partial charge on any atom is -0.0628 e. The Morgan fingerprint density at radius 3 is 1.92 bits per heavy atom. The number of rotatable bonds is 3. The Morgan fingerprint density at radius 2 is 1.69 bits per heavy atom. The number of hydrogen-bond acceptors (Lipinski definition) is 0. The first-order valence-electron chi connectivity index (χ1n) is 5.90.